The molecule has 0 bridgehead atoms. The Balaban J connectivity index is 2.35. The molecule has 0 amide bonds. The molecule has 0 aliphatic heterocycles. The molecule has 0 spiro atoms. The van der Waals surface area contributed by atoms with Crippen molar-refractivity contribution >= 4 is 17.6 Å². The average molecular weight is 285 g/mol. The summed E-state index contributed by atoms with van der Waals surface area (Å²) in [6.45, 7) is -0.0142. The lowest BCUT2D eigenvalue weighted by atomic mass is 10.2. The minimum absolute atomic E-state index is 0.0375. The van der Waals surface area contributed by atoms with Crippen LogP contribution in [0.3, 0.4) is 0 Å². The summed E-state index contributed by atoms with van der Waals surface area (Å²) in [4.78, 5) is 10.9. The monoisotopic (exact) mass is 284 g/mol. The molecule has 0 aliphatic rings. The van der Waals surface area contributed by atoms with E-state index in [0.29, 0.717) is 5.56 Å². The van der Waals surface area contributed by atoms with Gasteiger partial charge in [0.25, 0.3) is 0 Å². The summed E-state index contributed by atoms with van der Waals surface area (Å²) in [5.41, 5.74) is 5.80. The Morgan fingerprint density at radius 3 is 2.84 bits per heavy atom. The molecule has 100 valence electrons. The maximum Gasteiger partial charge on any atom is 0.358 e. The van der Waals surface area contributed by atoms with Gasteiger partial charge in [-0.1, -0.05) is 22.9 Å². The fourth-order valence-corrected chi connectivity index (χ4v) is 1.80. The van der Waals surface area contributed by atoms with Gasteiger partial charge in [-0.25, -0.2) is 13.9 Å². The van der Waals surface area contributed by atoms with Gasteiger partial charge in [0.05, 0.1) is 12.2 Å². The van der Waals surface area contributed by atoms with Gasteiger partial charge in [-0.2, -0.15) is 0 Å². The largest absolute Gasteiger partial charge is 0.476 e. The van der Waals surface area contributed by atoms with Crippen LogP contribution >= 0.6 is 11.6 Å². The fourth-order valence-electron chi connectivity index (χ4n) is 1.64. The van der Waals surface area contributed by atoms with E-state index < -0.39 is 11.8 Å². The number of carbonyl (C=O) groups is 1. The molecule has 2 aromatic rings. The van der Waals surface area contributed by atoms with Crippen molar-refractivity contribution in [2.24, 2.45) is 5.73 Å². The number of hydrogen-bond acceptors (Lipinski definition) is 4. The van der Waals surface area contributed by atoms with Crippen molar-refractivity contribution in [1.29, 1.82) is 0 Å². The standard InChI is InChI=1S/C11H10ClFN4O2/c12-7-2-1-6(8(13)3-7)5-17-9(4-14)10(11(18)19)15-16-17/h1-3H,4-5,14H2,(H,18,19). The third-order valence-electron chi connectivity index (χ3n) is 2.57. The summed E-state index contributed by atoms with van der Waals surface area (Å²) >= 11 is 5.65. The molecule has 6 nitrogen and oxygen atoms in total. The second-order valence-electron chi connectivity index (χ2n) is 3.79. The third kappa shape index (κ3) is 2.72. The van der Waals surface area contributed by atoms with Gasteiger partial charge in [0.15, 0.2) is 5.69 Å². The third-order valence-corrected chi connectivity index (χ3v) is 2.80. The molecule has 0 fully saturated rings. The van der Waals surface area contributed by atoms with E-state index in [1.54, 1.807) is 0 Å². The van der Waals surface area contributed by atoms with Gasteiger partial charge in [0.2, 0.25) is 0 Å². The van der Waals surface area contributed by atoms with Crippen LogP contribution in [0.25, 0.3) is 0 Å². The molecule has 19 heavy (non-hydrogen) atoms. The van der Waals surface area contributed by atoms with Gasteiger partial charge in [0, 0.05) is 17.1 Å². The molecule has 1 heterocycles. The molecule has 0 aliphatic carbocycles. The van der Waals surface area contributed by atoms with Crippen molar-refractivity contribution in [3.8, 4) is 0 Å². The van der Waals surface area contributed by atoms with Crippen LogP contribution in [0.15, 0.2) is 18.2 Å². The number of halogens is 2. The van der Waals surface area contributed by atoms with E-state index in [9.17, 15) is 9.18 Å². The van der Waals surface area contributed by atoms with Crippen LogP contribution in [0, 0.1) is 5.82 Å². The highest BCUT2D eigenvalue weighted by Crippen LogP contribution is 2.16. The Bertz CT molecular complexity index is 629. The van der Waals surface area contributed by atoms with E-state index >= 15 is 0 Å². The van der Waals surface area contributed by atoms with Crippen LogP contribution in [0.1, 0.15) is 21.7 Å². The second-order valence-corrected chi connectivity index (χ2v) is 4.22. The maximum atomic E-state index is 13.6. The zero-order valence-corrected chi connectivity index (χ0v) is 10.4. The van der Waals surface area contributed by atoms with Crippen molar-refractivity contribution in [2.75, 3.05) is 0 Å². The topological polar surface area (TPSA) is 94.0 Å². The quantitative estimate of drug-likeness (QED) is 0.882. The van der Waals surface area contributed by atoms with Crippen LogP contribution in [0.5, 0.6) is 0 Å². The highest BCUT2D eigenvalue weighted by atomic mass is 35.5. The fraction of sp³-hybridized carbons (Fsp3) is 0.182. The minimum Gasteiger partial charge on any atom is -0.476 e. The molecule has 0 atom stereocenters. The van der Waals surface area contributed by atoms with Gasteiger partial charge >= 0.3 is 5.97 Å². The van der Waals surface area contributed by atoms with E-state index in [-0.39, 0.29) is 29.5 Å². The Kier molecular flexibility index (Phi) is 3.77. The number of carboxylic acid groups (broad SMARTS) is 1. The molecule has 0 radical (unpaired) electrons. The number of benzene rings is 1. The smallest absolute Gasteiger partial charge is 0.358 e. The molecule has 1 aromatic heterocycles. The van der Waals surface area contributed by atoms with Crippen molar-refractivity contribution in [1.82, 2.24) is 15.0 Å². The van der Waals surface area contributed by atoms with Crippen LogP contribution in [-0.4, -0.2) is 26.1 Å². The number of aromatic nitrogens is 3. The summed E-state index contributed by atoms with van der Waals surface area (Å²) in [5.74, 6) is -1.72. The zero-order chi connectivity index (χ0) is 14.0. The van der Waals surface area contributed by atoms with Gasteiger partial charge in [-0.15, -0.1) is 5.10 Å². The lowest BCUT2D eigenvalue weighted by molar-refractivity contribution is 0.0689. The molecule has 2 rings (SSSR count). The molecule has 8 heteroatoms. The van der Waals surface area contributed by atoms with Crippen molar-refractivity contribution < 1.29 is 14.3 Å². The molecular weight excluding hydrogens is 275 g/mol. The van der Waals surface area contributed by atoms with E-state index in [1.165, 1.54) is 22.9 Å². The lowest BCUT2D eigenvalue weighted by Crippen LogP contribution is -2.13. The second kappa shape index (κ2) is 5.33. The predicted molar refractivity (Wildman–Crippen MR) is 65.4 cm³/mol. The van der Waals surface area contributed by atoms with Crippen molar-refractivity contribution in [2.45, 2.75) is 13.1 Å². The molecule has 1 aromatic carbocycles. The molecule has 0 unspecified atom stereocenters. The average Bonchev–Trinajstić information content (AvgIpc) is 2.75. The molecule has 3 N–H and O–H groups in total. The van der Waals surface area contributed by atoms with Gasteiger partial charge in [0.1, 0.15) is 5.82 Å². The summed E-state index contributed by atoms with van der Waals surface area (Å²) in [7, 11) is 0. The Labute approximate surface area is 112 Å². The highest BCUT2D eigenvalue weighted by molar-refractivity contribution is 6.30. The van der Waals surface area contributed by atoms with Crippen molar-refractivity contribution in [3.05, 3.63) is 46.0 Å². The number of carboxylic acids is 1. The van der Waals surface area contributed by atoms with E-state index in [4.69, 9.17) is 22.4 Å². The molecular formula is C11H10ClFN4O2. The van der Waals surface area contributed by atoms with Crippen LogP contribution in [-0.2, 0) is 13.1 Å². The number of hydrogen-bond donors (Lipinski definition) is 2. The van der Waals surface area contributed by atoms with Crippen LogP contribution in [0.4, 0.5) is 4.39 Å². The first-order valence-corrected chi connectivity index (χ1v) is 5.70. The van der Waals surface area contributed by atoms with Crippen molar-refractivity contribution in [3.63, 3.8) is 0 Å². The summed E-state index contributed by atoms with van der Waals surface area (Å²) in [6.07, 6.45) is 0. The van der Waals surface area contributed by atoms with Crippen LogP contribution < -0.4 is 5.73 Å². The zero-order valence-electron chi connectivity index (χ0n) is 9.68. The number of nitrogens with zero attached hydrogens (tertiary/aromatic N) is 3. The van der Waals surface area contributed by atoms with E-state index in [2.05, 4.69) is 10.3 Å². The molecule has 0 saturated carbocycles. The van der Waals surface area contributed by atoms with Gasteiger partial charge in [-0.3, -0.25) is 0 Å². The summed E-state index contributed by atoms with van der Waals surface area (Å²) < 4.78 is 14.9. The number of rotatable bonds is 4. The molecule has 0 saturated heterocycles. The highest BCUT2D eigenvalue weighted by Gasteiger charge is 2.18. The minimum atomic E-state index is -1.22. The first-order chi connectivity index (χ1) is 9.02. The SMILES string of the molecule is NCc1c(C(=O)O)nnn1Cc1ccc(Cl)cc1F. The Morgan fingerprint density at radius 1 is 1.53 bits per heavy atom. The Morgan fingerprint density at radius 2 is 2.26 bits per heavy atom. The maximum absolute atomic E-state index is 13.6. The first kappa shape index (κ1) is 13.4. The lowest BCUT2D eigenvalue weighted by Gasteiger charge is -2.06. The number of aromatic carboxylic acids is 1. The van der Waals surface area contributed by atoms with E-state index in [0.717, 1.165) is 0 Å². The van der Waals surface area contributed by atoms with Gasteiger partial charge in [-0.05, 0) is 12.1 Å². The van der Waals surface area contributed by atoms with Gasteiger partial charge < -0.3 is 10.8 Å². The van der Waals surface area contributed by atoms with E-state index in [1.807, 2.05) is 0 Å². The summed E-state index contributed by atoms with van der Waals surface area (Å²) in [5, 5.41) is 16.4. The predicted octanol–water partition coefficient (Wildman–Crippen LogP) is 1.28. The summed E-state index contributed by atoms with van der Waals surface area (Å²) in [6, 6.07) is 4.21. The Hall–Kier alpha value is -1.99. The van der Waals surface area contributed by atoms with Crippen LogP contribution in [0.2, 0.25) is 5.02 Å². The first-order valence-electron chi connectivity index (χ1n) is 5.32. The number of nitrogens with two attached hydrogens (primary N) is 1. The normalized spacial score (nSPS) is 10.7.